The van der Waals surface area contributed by atoms with Gasteiger partial charge in [0, 0.05) is 38.0 Å². The number of fused-ring (bicyclic) bond motifs is 1. The molecule has 0 radical (unpaired) electrons. The van der Waals surface area contributed by atoms with Gasteiger partial charge < -0.3 is 9.80 Å². The van der Waals surface area contributed by atoms with Crippen LogP contribution in [0.4, 0.5) is 0 Å². The third kappa shape index (κ3) is 4.04. The predicted molar refractivity (Wildman–Crippen MR) is 106 cm³/mol. The molecule has 4 heteroatoms. The van der Waals surface area contributed by atoms with Crippen molar-refractivity contribution in [3.8, 4) is 0 Å². The topological polar surface area (TPSA) is 40.6 Å². The lowest BCUT2D eigenvalue weighted by Gasteiger charge is -2.37. The molecular formula is C23H32N2O2. The van der Waals surface area contributed by atoms with Crippen LogP contribution in [0.2, 0.25) is 0 Å². The molecule has 1 unspecified atom stereocenters. The summed E-state index contributed by atoms with van der Waals surface area (Å²) in [5, 5.41) is 0. The Hall–Kier alpha value is -1.84. The zero-order valence-corrected chi connectivity index (χ0v) is 16.5. The highest BCUT2D eigenvalue weighted by Crippen LogP contribution is 2.33. The highest BCUT2D eigenvalue weighted by Gasteiger charge is 2.35. The molecular weight excluding hydrogens is 336 g/mol. The molecule has 2 aliphatic heterocycles. The normalized spacial score (nSPS) is 28.6. The molecule has 0 spiro atoms. The number of benzene rings is 1. The van der Waals surface area contributed by atoms with Gasteiger partial charge in [-0.25, -0.2) is 0 Å². The van der Waals surface area contributed by atoms with E-state index in [1.165, 1.54) is 17.5 Å². The Morgan fingerprint density at radius 2 is 1.48 bits per heavy atom. The van der Waals surface area contributed by atoms with E-state index in [2.05, 4.69) is 36.1 Å². The minimum atomic E-state index is 0.111. The molecule has 2 heterocycles. The summed E-state index contributed by atoms with van der Waals surface area (Å²) in [7, 11) is 0. The number of amides is 2. The van der Waals surface area contributed by atoms with Crippen molar-refractivity contribution in [3.05, 3.63) is 35.4 Å². The summed E-state index contributed by atoms with van der Waals surface area (Å²) in [4.78, 5) is 30.0. The minimum Gasteiger partial charge on any atom is -0.342 e. The maximum absolute atomic E-state index is 13.0. The SMILES string of the molecule is CC1CCCN(C(=O)C2CCC(C(=O)N3CCc4ccccc4C3)CC2)C1. The summed E-state index contributed by atoms with van der Waals surface area (Å²) in [6, 6.07) is 8.46. The predicted octanol–water partition coefficient (Wildman–Crippen LogP) is 3.64. The van der Waals surface area contributed by atoms with Gasteiger partial charge in [0.2, 0.25) is 11.8 Å². The van der Waals surface area contributed by atoms with Crippen LogP contribution >= 0.6 is 0 Å². The average molecular weight is 369 g/mol. The maximum atomic E-state index is 13.0. The molecule has 2 amide bonds. The third-order valence-electron chi connectivity index (χ3n) is 6.84. The van der Waals surface area contributed by atoms with Crippen LogP contribution in [0.25, 0.3) is 0 Å². The molecule has 146 valence electrons. The first-order chi connectivity index (χ1) is 13.1. The van der Waals surface area contributed by atoms with E-state index in [1.54, 1.807) is 0 Å². The Labute approximate surface area is 162 Å². The van der Waals surface area contributed by atoms with Gasteiger partial charge in [0.25, 0.3) is 0 Å². The van der Waals surface area contributed by atoms with Gasteiger partial charge in [0.15, 0.2) is 0 Å². The Bertz CT molecular complexity index is 693. The Morgan fingerprint density at radius 1 is 0.852 bits per heavy atom. The standard InChI is InChI=1S/C23H32N2O2/c1-17-5-4-13-24(15-17)22(26)19-8-10-20(11-9-19)23(27)25-14-12-18-6-2-3-7-21(18)16-25/h2-3,6-7,17,19-20H,4-5,8-16H2,1H3. The quantitative estimate of drug-likeness (QED) is 0.800. The molecule has 0 N–H and O–H groups in total. The van der Waals surface area contributed by atoms with Gasteiger partial charge in [-0.2, -0.15) is 0 Å². The van der Waals surface area contributed by atoms with Crippen LogP contribution in [0.15, 0.2) is 24.3 Å². The monoisotopic (exact) mass is 368 g/mol. The fraction of sp³-hybridized carbons (Fsp3) is 0.652. The molecule has 3 aliphatic rings. The smallest absolute Gasteiger partial charge is 0.225 e. The van der Waals surface area contributed by atoms with Gasteiger partial charge in [0.1, 0.15) is 0 Å². The summed E-state index contributed by atoms with van der Waals surface area (Å²) < 4.78 is 0. The molecule has 1 saturated carbocycles. The van der Waals surface area contributed by atoms with Crippen LogP contribution < -0.4 is 0 Å². The second-order valence-corrected chi connectivity index (χ2v) is 8.86. The van der Waals surface area contributed by atoms with Crippen molar-refractivity contribution in [2.75, 3.05) is 19.6 Å². The van der Waals surface area contributed by atoms with Gasteiger partial charge in [-0.15, -0.1) is 0 Å². The van der Waals surface area contributed by atoms with Crippen molar-refractivity contribution in [1.82, 2.24) is 9.80 Å². The zero-order valence-electron chi connectivity index (χ0n) is 16.5. The number of hydrogen-bond acceptors (Lipinski definition) is 2. The summed E-state index contributed by atoms with van der Waals surface area (Å²) >= 11 is 0. The van der Waals surface area contributed by atoms with Crippen molar-refractivity contribution >= 4 is 11.8 Å². The first-order valence-corrected chi connectivity index (χ1v) is 10.8. The number of hydrogen-bond donors (Lipinski definition) is 0. The van der Waals surface area contributed by atoms with Crippen LogP contribution in [0.3, 0.4) is 0 Å². The summed E-state index contributed by atoms with van der Waals surface area (Å²) in [5.41, 5.74) is 2.67. The van der Waals surface area contributed by atoms with E-state index in [0.29, 0.717) is 17.7 Å². The number of piperidine rings is 1. The highest BCUT2D eigenvalue weighted by molar-refractivity contribution is 5.81. The average Bonchev–Trinajstić information content (AvgIpc) is 2.72. The largest absolute Gasteiger partial charge is 0.342 e. The molecule has 4 rings (SSSR count). The number of rotatable bonds is 2. The molecule has 2 fully saturated rings. The van der Waals surface area contributed by atoms with Gasteiger partial charge in [-0.05, 0) is 62.0 Å². The van der Waals surface area contributed by atoms with Crippen LogP contribution in [0.1, 0.15) is 56.6 Å². The van der Waals surface area contributed by atoms with Gasteiger partial charge in [-0.3, -0.25) is 9.59 Å². The van der Waals surface area contributed by atoms with Crippen molar-refractivity contribution in [2.24, 2.45) is 17.8 Å². The van der Waals surface area contributed by atoms with Gasteiger partial charge >= 0.3 is 0 Å². The molecule has 1 atom stereocenters. The first kappa shape index (κ1) is 18.5. The number of nitrogens with zero attached hydrogens (tertiary/aromatic N) is 2. The Balaban J connectivity index is 1.30. The lowest BCUT2D eigenvalue weighted by molar-refractivity contribution is -0.142. The first-order valence-electron chi connectivity index (χ1n) is 10.8. The molecule has 1 aromatic carbocycles. The van der Waals surface area contributed by atoms with Crippen LogP contribution in [0.5, 0.6) is 0 Å². The summed E-state index contributed by atoms with van der Waals surface area (Å²) in [6.07, 6.45) is 6.84. The van der Waals surface area contributed by atoms with E-state index in [-0.39, 0.29) is 11.8 Å². The van der Waals surface area contributed by atoms with E-state index < -0.39 is 0 Å². The van der Waals surface area contributed by atoms with Crippen molar-refractivity contribution in [3.63, 3.8) is 0 Å². The second kappa shape index (κ2) is 8.04. The second-order valence-electron chi connectivity index (χ2n) is 8.86. The molecule has 4 nitrogen and oxygen atoms in total. The lowest BCUT2D eigenvalue weighted by Crippen LogP contribution is -2.45. The number of likely N-dealkylation sites (tertiary alicyclic amines) is 1. The maximum Gasteiger partial charge on any atom is 0.225 e. The fourth-order valence-corrected chi connectivity index (χ4v) is 5.18. The van der Waals surface area contributed by atoms with E-state index in [0.717, 1.165) is 64.7 Å². The summed E-state index contributed by atoms with van der Waals surface area (Å²) in [5.74, 6) is 1.53. The molecule has 0 aromatic heterocycles. The Kier molecular flexibility index (Phi) is 5.51. The van der Waals surface area contributed by atoms with E-state index in [9.17, 15) is 9.59 Å². The number of carbonyl (C=O) groups is 2. The van der Waals surface area contributed by atoms with Crippen LogP contribution in [-0.4, -0.2) is 41.2 Å². The summed E-state index contributed by atoms with van der Waals surface area (Å²) in [6.45, 7) is 5.67. The third-order valence-corrected chi connectivity index (χ3v) is 6.84. The molecule has 1 aromatic rings. The van der Waals surface area contributed by atoms with Crippen molar-refractivity contribution in [1.29, 1.82) is 0 Å². The van der Waals surface area contributed by atoms with E-state index in [1.807, 2.05) is 4.90 Å². The molecule has 0 bridgehead atoms. The van der Waals surface area contributed by atoms with Crippen molar-refractivity contribution in [2.45, 2.75) is 58.4 Å². The fourth-order valence-electron chi connectivity index (χ4n) is 5.18. The zero-order chi connectivity index (χ0) is 18.8. The van der Waals surface area contributed by atoms with Gasteiger partial charge in [0.05, 0.1) is 0 Å². The van der Waals surface area contributed by atoms with E-state index >= 15 is 0 Å². The molecule has 1 saturated heterocycles. The molecule has 1 aliphatic carbocycles. The van der Waals surface area contributed by atoms with E-state index in [4.69, 9.17) is 0 Å². The highest BCUT2D eigenvalue weighted by atomic mass is 16.2. The van der Waals surface area contributed by atoms with Crippen LogP contribution in [-0.2, 0) is 22.6 Å². The Morgan fingerprint density at radius 3 is 2.15 bits per heavy atom. The van der Waals surface area contributed by atoms with Crippen molar-refractivity contribution < 1.29 is 9.59 Å². The number of carbonyl (C=O) groups excluding carboxylic acids is 2. The van der Waals surface area contributed by atoms with Crippen LogP contribution in [0, 0.1) is 17.8 Å². The lowest BCUT2D eigenvalue weighted by atomic mass is 9.80. The van der Waals surface area contributed by atoms with Gasteiger partial charge in [-0.1, -0.05) is 31.2 Å². The molecule has 27 heavy (non-hydrogen) atoms. The minimum absolute atomic E-state index is 0.111.